The lowest BCUT2D eigenvalue weighted by Gasteiger charge is -2.30. The van der Waals surface area contributed by atoms with E-state index in [9.17, 15) is 30.7 Å². The van der Waals surface area contributed by atoms with Crippen LogP contribution in [0.4, 0.5) is 8.78 Å². The number of hydrogen-bond donors (Lipinski definition) is 3. The number of sulfonamides is 1. The molecule has 0 bridgehead atoms. The average molecular weight is 503 g/mol. The van der Waals surface area contributed by atoms with Gasteiger partial charge in [0.15, 0.2) is 9.84 Å². The van der Waals surface area contributed by atoms with Crippen molar-refractivity contribution in [2.75, 3.05) is 18.6 Å². The van der Waals surface area contributed by atoms with E-state index in [1.165, 1.54) is 0 Å². The molecular weight excluding hydrogens is 474 g/mol. The minimum Gasteiger partial charge on any atom is -0.390 e. The molecule has 1 heterocycles. The summed E-state index contributed by atoms with van der Waals surface area (Å²) in [6.07, 6.45) is 0.237. The zero-order chi connectivity index (χ0) is 24.4. The average Bonchev–Trinajstić information content (AvgIpc) is 2.68. The van der Waals surface area contributed by atoms with Gasteiger partial charge in [0.25, 0.3) is 0 Å². The second-order valence-electron chi connectivity index (χ2n) is 8.45. The Kier molecular flexibility index (Phi) is 7.90. The summed E-state index contributed by atoms with van der Waals surface area (Å²) in [6.45, 7) is 1.85. The van der Waals surface area contributed by atoms with Crippen LogP contribution in [0.25, 0.3) is 0 Å². The van der Waals surface area contributed by atoms with Crippen molar-refractivity contribution in [2.45, 2.75) is 43.7 Å². The fraction of sp³-hybridized carbons (Fsp3) is 0.455. The number of aliphatic hydroxyl groups is 1. The number of aryl methyl sites for hydroxylation is 1. The minimum atomic E-state index is -3.75. The zero-order valence-electron chi connectivity index (χ0n) is 18.4. The SMILES string of the molecule is CCc1ccc2c(c1)C(NCC(O)C(Cc1cc(F)cc(F)c1)NS(C)(=O)=O)CS(=O)(=O)C2. The Morgan fingerprint density at radius 3 is 2.39 bits per heavy atom. The fourth-order valence-corrected chi connectivity index (χ4v) is 6.50. The molecule has 0 aromatic heterocycles. The Bertz CT molecular complexity index is 1200. The summed E-state index contributed by atoms with van der Waals surface area (Å²) in [4.78, 5) is 0. The van der Waals surface area contributed by atoms with Gasteiger partial charge in [-0.25, -0.2) is 30.3 Å². The number of fused-ring (bicyclic) bond motifs is 1. The van der Waals surface area contributed by atoms with Gasteiger partial charge in [-0.2, -0.15) is 0 Å². The Hall–Kier alpha value is -1.92. The number of aliphatic hydroxyl groups excluding tert-OH is 1. The summed E-state index contributed by atoms with van der Waals surface area (Å²) in [7, 11) is -7.11. The molecule has 0 amide bonds. The van der Waals surface area contributed by atoms with Gasteiger partial charge in [0.2, 0.25) is 10.0 Å². The van der Waals surface area contributed by atoms with Gasteiger partial charge in [-0.05, 0) is 47.2 Å². The molecule has 3 unspecified atom stereocenters. The van der Waals surface area contributed by atoms with Crippen LogP contribution in [-0.4, -0.2) is 52.6 Å². The van der Waals surface area contributed by atoms with Gasteiger partial charge in [-0.15, -0.1) is 0 Å². The van der Waals surface area contributed by atoms with E-state index in [0.29, 0.717) is 11.6 Å². The maximum absolute atomic E-state index is 13.6. The molecule has 0 spiro atoms. The fourth-order valence-electron chi connectivity index (χ4n) is 4.05. The van der Waals surface area contributed by atoms with Crippen LogP contribution < -0.4 is 10.0 Å². The topological polar surface area (TPSA) is 113 Å². The molecular formula is C22H28F2N2O5S2. The summed E-state index contributed by atoms with van der Waals surface area (Å²) in [5, 5.41) is 13.8. The lowest BCUT2D eigenvalue weighted by Crippen LogP contribution is -2.49. The molecule has 1 aliphatic rings. The van der Waals surface area contributed by atoms with E-state index < -0.39 is 49.7 Å². The Morgan fingerprint density at radius 1 is 1.12 bits per heavy atom. The first-order valence-electron chi connectivity index (χ1n) is 10.5. The molecule has 1 aliphatic heterocycles. The molecule has 2 aromatic carbocycles. The number of hydrogen-bond acceptors (Lipinski definition) is 6. The van der Waals surface area contributed by atoms with Crippen LogP contribution in [0.5, 0.6) is 0 Å². The van der Waals surface area contributed by atoms with Gasteiger partial charge in [-0.1, -0.05) is 25.1 Å². The van der Waals surface area contributed by atoms with E-state index in [0.717, 1.165) is 35.9 Å². The van der Waals surface area contributed by atoms with Gasteiger partial charge < -0.3 is 10.4 Å². The van der Waals surface area contributed by atoms with Gasteiger partial charge in [0.1, 0.15) is 11.6 Å². The minimum absolute atomic E-state index is 0.0591. The Balaban J connectivity index is 1.80. The zero-order valence-corrected chi connectivity index (χ0v) is 20.0. The standard InChI is InChI=1S/C22H28F2N2O5S2/c1-3-14-4-5-16-12-33(30,31)13-21(19(16)8-14)25-11-22(27)20(26-32(2,28)29)9-15-6-17(23)10-18(24)7-15/h4-8,10,20-22,25-27H,3,9,11-13H2,1-2H3. The monoisotopic (exact) mass is 502 g/mol. The summed E-state index contributed by atoms with van der Waals surface area (Å²) in [6, 6.07) is 6.79. The normalized spacial score (nSPS) is 19.6. The van der Waals surface area contributed by atoms with Crippen LogP contribution >= 0.6 is 0 Å². The summed E-state index contributed by atoms with van der Waals surface area (Å²) in [5.41, 5.74) is 2.73. The quantitative estimate of drug-likeness (QED) is 0.480. The second kappa shape index (κ2) is 10.1. The molecule has 7 nitrogen and oxygen atoms in total. The van der Waals surface area contributed by atoms with Gasteiger partial charge in [-0.3, -0.25) is 0 Å². The van der Waals surface area contributed by atoms with E-state index in [-0.39, 0.29) is 30.0 Å². The largest absolute Gasteiger partial charge is 0.390 e. The Labute approximate surface area is 193 Å². The molecule has 3 atom stereocenters. The molecule has 11 heteroatoms. The number of nitrogens with one attached hydrogen (secondary N) is 2. The highest BCUT2D eigenvalue weighted by molar-refractivity contribution is 7.90. The lowest BCUT2D eigenvalue weighted by molar-refractivity contribution is 0.132. The molecule has 2 aromatic rings. The summed E-state index contributed by atoms with van der Waals surface area (Å²) >= 11 is 0. The van der Waals surface area contributed by atoms with Crippen molar-refractivity contribution in [2.24, 2.45) is 0 Å². The molecule has 33 heavy (non-hydrogen) atoms. The molecule has 0 saturated heterocycles. The highest BCUT2D eigenvalue weighted by Crippen LogP contribution is 2.29. The molecule has 0 saturated carbocycles. The van der Waals surface area contributed by atoms with Crippen molar-refractivity contribution < 1.29 is 30.7 Å². The lowest BCUT2D eigenvalue weighted by atomic mass is 9.97. The van der Waals surface area contributed by atoms with Crippen molar-refractivity contribution in [3.63, 3.8) is 0 Å². The first-order valence-corrected chi connectivity index (χ1v) is 14.2. The van der Waals surface area contributed by atoms with Crippen LogP contribution in [0.1, 0.15) is 35.2 Å². The molecule has 182 valence electrons. The number of rotatable bonds is 9. The van der Waals surface area contributed by atoms with E-state index in [4.69, 9.17) is 0 Å². The van der Waals surface area contributed by atoms with Crippen LogP contribution in [-0.2, 0) is 38.5 Å². The third kappa shape index (κ3) is 7.28. The van der Waals surface area contributed by atoms with Gasteiger partial charge in [0, 0.05) is 18.7 Å². The highest BCUT2D eigenvalue weighted by atomic mass is 32.2. The summed E-state index contributed by atoms with van der Waals surface area (Å²) in [5.74, 6) is -1.84. The molecule has 3 N–H and O–H groups in total. The summed E-state index contributed by atoms with van der Waals surface area (Å²) < 4.78 is 77.9. The van der Waals surface area contributed by atoms with E-state index in [2.05, 4.69) is 10.0 Å². The number of benzene rings is 2. The van der Waals surface area contributed by atoms with Crippen LogP contribution in [0.3, 0.4) is 0 Å². The molecule has 0 aliphatic carbocycles. The van der Waals surface area contributed by atoms with Crippen molar-refractivity contribution in [1.82, 2.24) is 10.0 Å². The molecule has 0 radical (unpaired) electrons. The number of sulfone groups is 1. The van der Waals surface area contributed by atoms with Crippen LogP contribution in [0, 0.1) is 11.6 Å². The second-order valence-corrected chi connectivity index (χ2v) is 12.3. The maximum Gasteiger partial charge on any atom is 0.209 e. The first-order chi connectivity index (χ1) is 15.3. The highest BCUT2D eigenvalue weighted by Gasteiger charge is 2.31. The van der Waals surface area contributed by atoms with E-state index in [1.54, 1.807) is 6.07 Å². The predicted molar refractivity (Wildman–Crippen MR) is 122 cm³/mol. The molecule has 3 rings (SSSR count). The molecule has 0 fully saturated rings. The van der Waals surface area contributed by atoms with Crippen molar-refractivity contribution >= 4 is 19.9 Å². The van der Waals surface area contributed by atoms with E-state index >= 15 is 0 Å². The third-order valence-electron chi connectivity index (χ3n) is 5.57. The van der Waals surface area contributed by atoms with Crippen molar-refractivity contribution in [3.05, 3.63) is 70.3 Å². The van der Waals surface area contributed by atoms with Crippen molar-refractivity contribution in [1.29, 1.82) is 0 Å². The third-order valence-corrected chi connectivity index (χ3v) is 7.89. The van der Waals surface area contributed by atoms with E-state index in [1.807, 2.05) is 19.1 Å². The van der Waals surface area contributed by atoms with Gasteiger partial charge >= 0.3 is 0 Å². The first kappa shape index (κ1) is 25.7. The smallest absolute Gasteiger partial charge is 0.209 e. The Morgan fingerprint density at radius 2 is 1.79 bits per heavy atom. The van der Waals surface area contributed by atoms with Gasteiger partial charge in [0.05, 0.1) is 29.9 Å². The van der Waals surface area contributed by atoms with Crippen LogP contribution in [0.2, 0.25) is 0 Å². The maximum atomic E-state index is 13.6. The van der Waals surface area contributed by atoms with Crippen LogP contribution in [0.15, 0.2) is 36.4 Å². The number of halogens is 2. The van der Waals surface area contributed by atoms with Crippen molar-refractivity contribution in [3.8, 4) is 0 Å². The predicted octanol–water partition coefficient (Wildman–Crippen LogP) is 1.61.